The molecule has 3 N–H and O–H groups in total. The monoisotopic (exact) mass is 461 g/mol. The fourth-order valence-electron chi connectivity index (χ4n) is 6.09. The van der Waals surface area contributed by atoms with Crippen LogP contribution in [-0.4, -0.2) is 88.3 Å². The zero-order chi connectivity index (χ0) is 23.9. The van der Waals surface area contributed by atoms with Crippen molar-refractivity contribution in [1.82, 2.24) is 0 Å². The molecule has 0 aromatic heterocycles. The first-order valence-electron chi connectivity index (χ1n) is 10.5. The van der Waals surface area contributed by atoms with E-state index in [2.05, 4.69) is 0 Å². The highest BCUT2D eigenvalue weighted by Crippen LogP contribution is 2.65. The molecule has 2 aliphatic carbocycles. The molecular weight excluding hydrogens is 438 g/mol. The predicted octanol–water partition coefficient (Wildman–Crippen LogP) is -0.806. The summed E-state index contributed by atoms with van der Waals surface area (Å²) in [7, 11) is 2.90. The second kappa shape index (κ2) is 6.76. The maximum absolute atomic E-state index is 13.6. The number of hydrogen-bond acceptors (Lipinski definition) is 9. The number of carboxylic acids is 1. The van der Waals surface area contributed by atoms with Gasteiger partial charge < -0.3 is 39.4 Å². The van der Waals surface area contributed by atoms with Crippen molar-refractivity contribution in [2.75, 3.05) is 20.7 Å². The van der Waals surface area contributed by atoms with E-state index in [4.69, 9.17) is 19.3 Å². The molecule has 0 amide bonds. The van der Waals surface area contributed by atoms with E-state index in [1.54, 1.807) is 12.1 Å². The van der Waals surface area contributed by atoms with Crippen LogP contribution in [0.5, 0.6) is 11.5 Å². The average Bonchev–Trinajstić information content (AvgIpc) is 3.13. The van der Waals surface area contributed by atoms with Gasteiger partial charge in [0.1, 0.15) is 6.04 Å². The molecule has 7 atom stereocenters. The van der Waals surface area contributed by atoms with Crippen molar-refractivity contribution in [3.8, 4) is 11.5 Å². The summed E-state index contributed by atoms with van der Waals surface area (Å²) in [5.41, 5.74) is -1.62. The van der Waals surface area contributed by atoms with Gasteiger partial charge in [0.25, 0.3) is 0 Å². The summed E-state index contributed by atoms with van der Waals surface area (Å²) in [6.07, 6.45) is -3.06. The number of methoxy groups -OCH3 is 1. The van der Waals surface area contributed by atoms with Crippen molar-refractivity contribution in [2.45, 2.75) is 48.2 Å². The van der Waals surface area contributed by atoms with Crippen LogP contribution in [0.15, 0.2) is 24.3 Å². The molecule has 2 bridgehead atoms. The lowest BCUT2D eigenvalue weighted by atomic mass is 9.50. The molecule has 11 heteroatoms. The van der Waals surface area contributed by atoms with Crippen LogP contribution in [0.3, 0.4) is 0 Å². The molecule has 3 unspecified atom stereocenters. The number of esters is 1. The van der Waals surface area contributed by atoms with Crippen molar-refractivity contribution >= 4 is 17.7 Å². The highest BCUT2D eigenvalue weighted by molar-refractivity contribution is 5.99. The van der Waals surface area contributed by atoms with Gasteiger partial charge in [0.15, 0.2) is 41.2 Å². The summed E-state index contributed by atoms with van der Waals surface area (Å²) in [5, 5.41) is 42.4. The van der Waals surface area contributed by atoms with Crippen molar-refractivity contribution in [3.63, 3.8) is 0 Å². The van der Waals surface area contributed by atoms with Crippen molar-refractivity contribution in [2.24, 2.45) is 0 Å². The Bertz CT molecular complexity index is 1110. The Balaban J connectivity index is 1.74. The summed E-state index contributed by atoms with van der Waals surface area (Å²) in [6.45, 7) is 0.112. The SMILES string of the molecule is COc1ccc2c3c1O[C@H]1C(=O)C=C[C@@]4(OC(=O)C(O)C(O)C(=O)O)[C@@H](C2)[N+](C)([O-])CC[C@]314. The van der Waals surface area contributed by atoms with Crippen LogP contribution >= 0.6 is 0 Å². The third kappa shape index (κ3) is 2.56. The maximum atomic E-state index is 13.6. The maximum Gasteiger partial charge on any atom is 0.339 e. The van der Waals surface area contributed by atoms with Crippen LogP contribution in [-0.2, 0) is 31.0 Å². The van der Waals surface area contributed by atoms with Crippen LogP contribution in [0.2, 0.25) is 0 Å². The van der Waals surface area contributed by atoms with Gasteiger partial charge in [-0.1, -0.05) is 6.07 Å². The Morgan fingerprint density at radius 1 is 1.30 bits per heavy atom. The van der Waals surface area contributed by atoms with Gasteiger partial charge in [-0.25, -0.2) is 9.59 Å². The Morgan fingerprint density at radius 2 is 2.03 bits per heavy atom. The molecule has 1 spiro atoms. The number of likely N-dealkylation sites (N-methyl/N-ethyl adjacent to an activating group) is 1. The first kappa shape index (κ1) is 21.8. The Hall–Kier alpha value is -2.99. The van der Waals surface area contributed by atoms with E-state index in [9.17, 15) is 29.8 Å². The molecule has 2 aliphatic heterocycles. The number of likely N-dealkylation sites (tertiary alicyclic amines) is 1. The lowest BCUT2D eigenvalue weighted by Gasteiger charge is -2.65. The summed E-state index contributed by atoms with van der Waals surface area (Å²) in [4.78, 5) is 37.0. The van der Waals surface area contributed by atoms with Gasteiger partial charge in [-0.15, -0.1) is 0 Å². The summed E-state index contributed by atoms with van der Waals surface area (Å²) < 4.78 is 16.5. The van der Waals surface area contributed by atoms with Crippen molar-refractivity contribution in [1.29, 1.82) is 0 Å². The van der Waals surface area contributed by atoms with E-state index in [1.807, 2.05) is 0 Å². The second-order valence-electron chi connectivity index (χ2n) is 9.15. The van der Waals surface area contributed by atoms with Crippen molar-refractivity contribution in [3.05, 3.63) is 40.6 Å². The van der Waals surface area contributed by atoms with Gasteiger partial charge in [0.2, 0.25) is 0 Å². The Kier molecular flexibility index (Phi) is 4.48. The number of carbonyl (C=O) groups excluding carboxylic acids is 2. The normalized spacial score (nSPS) is 36.9. The van der Waals surface area contributed by atoms with E-state index in [0.717, 1.165) is 5.56 Å². The largest absolute Gasteiger partial charge is 0.633 e. The fraction of sp³-hybridized carbons (Fsp3) is 0.500. The molecular formula is C22H23NO10. The molecule has 11 nitrogen and oxygen atoms in total. The molecule has 1 saturated heterocycles. The number of hydroxylamine groups is 3. The number of carboxylic acid groups (broad SMARTS) is 1. The number of carbonyl (C=O) groups is 3. The fourth-order valence-corrected chi connectivity index (χ4v) is 6.09. The van der Waals surface area contributed by atoms with Crippen LogP contribution in [0.4, 0.5) is 0 Å². The minimum Gasteiger partial charge on any atom is -0.633 e. The van der Waals surface area contributed by atoms with Gasteiger partial charge in [-0.05, 0) is 23.8 Å². The third-order valence-corrected chi connectivity index (χ3v) is 7.59. The van der Waals surface area contributed by atoms with Crippen LogP contribution in [0.1, 0.15) is 17.5 Å². The minimum atomic E-state index is -2.42. The topological polar surface area (TPSA) is 163 Å². The van der Waals surface area contributed by atoms with E-state index in [1.165, 1.54) is 26.3 Å². The quantitative estimate of drug-likeness (QED) is 0.287. The van der Waals surface area contributed by atoms with Crippen molar-refractivity contribution < 1.29 is 48.6 Å². The molecule has 5 rings (SSSR count). The van der Waals surface area contributed by atoms with Gasteiger partial charge in [0.05, 0.1) is 26.1 Å². The summed E-state index contributed by atoms with van der Waals surface area (Å²) in [6, 6.07) is 2.57. The van der Waals surface area contributed by atoms with Crippen LogP contribution in [0, 0.1) is 5.21 Å². The zero-order valence-corrected chi connectivity index (χ0v) is 17.9. The lowest BCUT2D eigenvalue weighted by molar-refractivity contribution is -0.902. The van der Waals surface area contributed by atoms with E-state index in [-0.39, 0.29) is 25.2 Å². The minimum absolute atomic E-state index is 0.112. The smallest absolute Gasteiger partial charge is 0.339 e. The molecule has 0 radical (unpaired) electrons. The van der Waals surface area contributed by atoms with E-state index >= 15 is 0 Å². The molecule has 1 aromatic carbocycles. The number of ether oxygens (including phenoxy) is 3. The number of aliphatic hydroxyl groups is 2. The highest BCUT2D eigenvalue weighted by Gasteiger charge is 2.77. The second-order valence-corrected chi connectivity index (χ2v) is 9.15. The molecule has 1 aromatic rings. The predicted molar refractivity (Wildman–Crippen MR) is 108 cm³/mol. The number of hydrogen-bond donors (Lipinski definition) is 3. The number of aliphatic hydroxyl groups excluding tert-OH is 2. The van der Waals surface area contributed by atoms with Gasteiger partial charge in [-0.2, -0.15) is 0 Å². The number of piperidine rings is 1. The number of nitrogens with zero attached hydrogens (tertiary/aromatic N) is 1. The molecule has 2 heterocycles. The van der Waals surface area contributed by atoms with E-state index in [0.29, 0.717) is 17.1 Å². The summed E-state index contributed by atoms with van der Waals surface area (Å²) >= 11 is 0. The summed E-state index contributed by atoms with van der Waals surface area (Å²) in [5.74, 6) is -2.87. The number of benzene rings is 1. The standard InChI is InChI=1S/C22H23NO10/c1-23(30)8-7-21-14-10-3-4-12(31-2)17(14)32-18(21)11(24)5-6-22(21,13(23)9-10)33-20(29)16(26)15(25)19(27)28/h3-6,13,15-16,18,25-26H,7-9H2,1-2H3,(H,27,28)/t13-,15?,16?,18+,21+,22-,23?/m1/s1. The number of quaternary nitrogens is 1. The van der Waals surface area contributed by atoms with E-state index < -0.39 is 52.0 Å². The van der Waals surface area contributed by atoms with Gasteiger partial charge >= 0.3 is 11.9 Å². The first-order valence-corrected chi connectivity index (χ1v) is 10.5. The average molecular weight is 461 g/mol. The Labute approximate surface area is 187 Å². The van der Waals surface area contributed by atoms with Crippen LogP contribution in [0.25, 0.3) is 0 Å². The molecule has 0 saturated carbocycles. The number of rotatable bonds is 5. The van der Waals surface area contributed by atoms with Gasteiger partial charge in [-0.3, -0.25) is 4.79 Å². The third-order valence-electron chi connectivity index (χ3n) is 7.59. The molecule has 1 fully saturated rings. The Morgan fingerprint density at radius 3 is 2.70 bits per heavy atom. The number of aliphatic carboxylic acids is 1. The number of ketones is 1. The zero-order valence-electron chi connectivity index (χ0n) is 17.9. The molecule has 33 heavy (non-hydrogen) atoms. The molecule has 4 aliphatic rings. The van der Waals surface area contributed by atoms with Crippen LogP contribution < -0.4 is 9.47 Å². The lowest BCUT2D eigenvalue weighted by Crippen LogP contribution is -2.79. The highest BCUT2D eigenvalue weighted by atomic mass is 16.6. The van der Waals surface area contributed by atoms with Gasteiger partial charge in [0, 0.05) is 18.4 Å². The first-order chi connectivity index (χ1) is 15.5. The molecule has 176 valence electrons.